The Kier molecular flexibility index (Phi) is 6.20. The van der Waals surface area contributed by atoms with Gasteiger partial charge in [0.1, 0.15) is 0 Å². The third kappa shape index (κ3) is 4.68. The molecule has 0 aliphatic carbocycles. The standard InChI is InChI=1S/C38H28N2/c1-3-15-33(16-4-1)39-35-23-24-36(40-34-17-5-2-6-18-34)38(32-22-20-28-12-8-10-14-30(28)26-32)37(35)31-21-19-27-11-7-9-13-29(27)25-31/h1-26,39-40H. The van der Waals surface area contributed by atoms with Gasteiger partial charge in [-0.1, -0.05) is 109 Å². The van der Waals surface area contributed by atoms with Gasteiger partial charge in [0.2, 0.25) is 0 Å². The van der Waals surface area contributed by atoms with Crippen LogP contribution in [0.3, 0.4) is 0 Å². The molecule has 2 heteroatoms. The number of anilines is 4. The highest BCUT2D eigenvalue weighted by Crippen LogP contribution is 2.45. The van der Waals surface area contributed by atoms with Gasteiger partial charge in [-0.3, -0.25) is 0 Å². The van der Waals surface area contributed by atoms with Crippen LogP contribution in [0.15, 0.2) is 158 Å². The van der Waals surface area contributed by atoms with Crippen molar-refractivity contribution in [3.63, 3.8) is 0 Å². The van der Waals surface area contributed by atoms with E-state index in [0.717, 1.165) is 45.0 Å². The number of fused-ring (bicyclic) bond motifs is 2. The molecule has 0 saturated heterocycles. The first-order valence-electron chi connectivity index (χ1n) is 13.6. The van der Waals surface area contributed by atoms with Gasteiger partial charge in [-0.25, -0.2) is 0 Å². The Hall–Kier alpha value is -5.34. The van der Waals surface area contributed by atoms with Crippen molar-refractivity contribution in [2.45, 2.75) is 0 Å². The highest BCUT2D eigenvalue weighted by atomic mass is 14.9. The first kappa shape index (κ1) is 23.8. The molecule has 7 aromatic rings. The summed E-state index contributed by atoms with van der Waals surface area (Å²) in [5.41, 5.74) is 8.87. The van der Waals surface area contributed by atoms with Crippen LogP contribution in [-0.2, 0) is 0 Å². The molecule has 40 heavy (non-hydrogen) atoms. The minimum atomic E-state index is 1.05. The molecule has 7 rings (SSSR count). The Morgan fingerprint density at radius 1 is 0.300 bits per heavy atom. The normalized spacial score (nSPS) is 11.0. The molecule has 2 nitrogen and oxygen atoms in total. The molecule has 0 atom stereocenters. The van der Waals surface area contributed by atoms with Crippen LogP contribution in [0.25, 0.3) is 43.8 Å². The molecule has 7 aromatic carbocycles. The van der Waals surface area contributed by atoms with Crippen LogP contribution in [0.4, 0.5) is 22.7 Å². The Labute approximate surface area is 234 Å². The first-order chi connectivity index (χ1) is 19.8. The number of hydrogen-bond donors (Lipinski definition) is 2. The van der Waals surface area contributed by atoms with E-state index in [1.54, 1.807) is 0 Å². The molecule has 2 N–H and O–H groups in total. The van der Waals surface area contributed by atoms with Crippen LogP contribution in [0, 0.1) is 0 Å². The summed E-state index contributed by atoms with van der Waals surface area (Å²) in [4.78, 5) is 0. The van der Waals surface area contributed by atoms with Gasteiger partial charge in [0.25, 0.3) is 0 Å². The Balaban J connectivity index is 1.52. The minimum absolute atomic E-state index is 1.05. The lowest BCUT2D eigenvalue weighted by molar-refractivity contribution is 1.50. The highest BCUT2D eigenvalue weighted by Gasteiger charge is 2.19. The van der Waals surface area contributed by atoms with Gasteiger partial charge in [-0.05, 0) is 81.2 Å². The quantitative estimate of drug-likeness (QED) is 0.231. The van der Waals surface area contributed by atoms with Crippen molar-refractivity contribution >= 4 is 44.3 Å². The minimum Gasteiger partial charge on any atom is -0.355 e. The molecule has 0 spiro atoms. The fourth-order valence-electron chi connectivity index (χ4n) is 5.45. The average Bonchev–Trinajstić information content (AvgIpc) is 3.02. The molecular formula is C38H28N2. The fraction of sp³-hybridized carbons (Fsp3) is 0. The maximum Gasteiger partial charge on any atom is 0.0471 e. The molecule has 0 bridgehead atoms. The predicted octanol–water partition coefficient (Wildman–Crippen LogP) is 10.8. The summed E-state index contributed by atoms with van der Waals surface area (Å²) in [5, 5.41) is 12.4. The summed E-state index contributed by atoms with van der Waals surface area (Å²) in [6.07, 6.45) is 0. The summed E-state index contributed by atoms with van der Waals surface area (Å²) in [6, 6.07) is 55.8. The second-order valence-electron chi connectivity index (χ2n) is 10.0. The molecule has 0 radical (unpaired) electrons. The number of rotatable bonds is 6. The summed E-state index contributed by atoms with van der Waals surface area (Å²) in [5.74, 6) is 0. The number of nitrogens with one attached hydrogen (secondary N) is 2. The Morgan fingerprint density at radius 3 is 1.10 bits per heavy atom. The van der Waals surface area contributed by atoms with Crippen molar-refractivity contribution in [3.05, 3.63) is 158 Å². The molecule has 0 aromatic heterocycles. The molecule has 0 amide bonds. The molecule has 0 aliphatic rings. The summed E-state index contributed by atoms with van der Waals surface area (Å²) in [6.45, 7) is 0. The van der Waals surface area contributed by atoms with Gasteiger partial charge in [-0.15, -0.1) is 0 Å². The van der Waals surface area contributed by atoms with Crippen molar-refractivity contribution in [2.75, 3.05) is 10.6 Å². The number of hydrogen-bond acceptors (Lipinski definition) is 2. The Bertz CT molecular complexity index is 1800. The van der Waals surface area contributed by atoms with Crippen molar-refractivity contribution in [1.29, 1.82) is 0 Å². The maximum atomic E-state index is 3.73. The van der Waals surface area contributed by atoms with Crippen molar-refractivity contribution in [3.8, 4) is 22.3 Å². The van der Waals surface area contributed by atoms with E-state index in [4.69, 9.17) is 0 Å². The summed E-state index contributed by atoms with van der Waals surface area (Å²) in [7, 11) is 0. The molecule has 190 valence electrons. The van der Waals surface area contributed by atoms with Crippen molar-refractivity contribution in [2.24, 2.45) is 0 Å². The summed E-state index contributed by atoms with van der Waals surface area (Å²) < 4.78 is 0. The van der Waals surface area contributed by atoms with Gasteiger partial charge >= 0.3 is 0 Å². The van der Waals surface area contributed by atoms with E-state index in [1.807, 2.05) is 12.1 Å². The average molecular weight is 513 g/mol. The van der Waals surface area contributed by atoms with Crippen LogP contribution in [0.5, 0.6) is 0 Å². The lowest BCUT2D eigenvalue weighted by atomic mass is 9.89. The number of benzene rings is 7. The van der Waals surface area contributed by atoms with E-state index in [-0.39, 0.29) is 0 Å². The van der Waals surface area contributed by atoms with Gasteiger partial charge in [0.15, 0.2) is 0 Å². The van der Waals surface area contributed by atoms with Gasteiger partial charge in [-0.2, -0.15) is 0 Å². The maximum absolute atomic E-state index is 3.73. The van der Waals surface area contributed by atoms with Gasteiger partial charge in [0.05, 0.1) is 0 Å². The molecule has 0 fully saturated rings. The van der Waals surface area contributed by atoms with E-state index >= 15 is 0 Å². The van der Waals surface area contributed by atoms with Crippen molar-refractivity contribution in [1.82, 2.24) is 0 Å². The van der Waals surface area contributed by atoms with Gasteiger partial charge < -0.3 is 10.6 Å². The molecular weight excluding hydrogens is 484 g/mol. The SMILES string of the molecule is c1ccc(Nc2ccc(Nc3ccccc3)c(-c3ccc4ccccc4c3)c2-c2ccc3ccccc3c2)cc1. The van der Waals surface area contributed by atoms with Crippen molar-refractivity contribution < 1.29 is 0 Å². The van der Waals surface area contributed by atoms with E-state index in [0.29, 0.717) is 0 Å². The van der Waals surface area contributed by atoms with Crippen LogP contribution in [0.1, 0.15) is 0 Å². The second-order valence-corrected chi connectivity index (χ2v) is 10.0. The zero-order valence-corrected chi connectivity index (χ0v) is 22.0. The zero-order chi connectivity index (χ0) is 26.7. The van der Waals surface area contributed by atoms with Crippen LogP contribution >= 0.6 is 0 Å². The monoisotopic (exact) mass is 512 g/mol. The van der Waals surface area contributed by atoms with E-state index in [1.165, 1.54) is 21.5 Å². The van der Waals surface area contributed by atoms with E-state index in [9.17, 15) is 0 Å². The third-order valence-electron chi connectivity index (χ3n) is 7.39. The smallest absolute Gasteiger partial charge is 0.0471 e. The fourth-order valence-corrected chi connectivity index (χ4v) is 5.45. The van der Waals surface area contributed by atoms with Crippen LogP contribution in [-0.4, -0.2) is 0 Å². The lowest BCUT2D eigenvalue weighted by Crippen LogP contribution is -2.00. The highest BCUT2D eigenvalue weighted by molar-refractivity contribution is 6.03. The molecule has 0 aliphatic heterocycles. The van der Waals surface area contributed by atoms with E-state index in [2.05, 4.69) is 156 Å². The molecule has 0 heterocycles. The zero-order valence-electron chi connectivity index (χ0n) is 22.0. The third-order valence-corrected chi connectivity index (χ3v) is 7.39. The Morgan fingerprint density at radius 2 is 0.675 bits per heavy atom. The molecule has 0 unspecified atom stereocenters. The van der Waals surface area contributed by atoms with Crippen LogP contribution in [0.2, 0.25) is 0 Å². The largest absolute Gasteiger partial charge is 0.355 e. The van der Waals surface area contributed by atoms with Gasteiger partial charge in [0, 0.05) is 33.9 Å². The molecule has 0 saturated carbocycles. The number of para-hydroxylation sites is 2. The van der Waals surface area contributed by atoms with E-state index < -0.39 is 0 Å². The predicted molar refractivity (Wildman–Crippen MR) is 172 cm³/mol. The summed E-state index contributed by atoms with van der Waals surface area (Å²) >= 11 is 0. The van der Waals surface area contributed by atoms with Crippen LogP contribution < -0.4 is 10.6 Å². The second kappa shape index (κ2) is 10.4. The topological polar surface area (TPSA) is 24.1 Å². The first-order valence-corrected chi connectivity index (χ1v) is 13.6. The lowest BCUT2D eigenvalue weighted by Gasteiger charge is -2.22.